The minimum absolute atomic E-state index is 0.0652. The van der Waals surface area contributed by atoms with E-state index in [4.69, 9.17) is 0 Å². The molecule has 0 atom stereocenters. The van der Waals surface area contributed by atoms with Gasteiger partial charge in [0, 0.05) is 12.2 Å². The standard InChI is InChI=1S/C17H16F3N3O2S2/c1-12-11-15(16-3-2-10-26-16)22-23(12)9-8-21-27(24,25)14-6-4-13(5-7-14)17(18,19)20/h2-7,10-11,21H,8-9H2,1H3. The highest BCUT2D eigenvalue weighted by Gasteiger charge is 2.30. The van der Waals surface area contributed by atoms with Gasteiger partial charge in [-0.1, -0.05) is 6.07 Å². The SMILES string of the molecule is Cc1cc(-c2cccs2)nn1CCNS(=O)(=O)c1ccc(C(F)(F)F)cc1. The van der Waals surface area contributed by atoms with E-state index >= 15 is 0 Å². The molecule has 0 bridgehead atoms. The molecular weight excluding hydrogens is 399 g/mol. The zero-order valence-corrected chi connectivity index (χ0v) is 15.8. The maximum absolute atomic E-state index is 12.6. The molecule has 0 aliphatic heterocycles. The molecule has 27 heavy (non-hydrogen) atoms. The van der Waals surface area contributed by atoms with Crippen molar-refractivity contribution in [2.75, 3.05) is 6.54 Å². The van der Waals surface area contributed by atoms with Gasteiger partial charge in [0.2, 0.25) is 10.0 Å². The molecule has 144 valence electrons. The van der Waals surface area contributed by atoms with Crippen LogP contribution >= 0.6 is 11.3 Å². The summed E-state index contributed by atoms with van der Waals surface area (Å²) in [5, 5.41) is 6.40. The topological polar surface area (TPSA) is 64.0 Å². The third-order valence-corrected chi connectivity index (χ3v) is 6.23. The van der Waals surface area contributed by atoms with Crippen molar-refractivity contribution in [1.29, 1.82) is 0 Å². The highest BCUT2D eigenvalue weighted by Crippen LogP contribution is 2.29. The molecule has 2 heterocycles. The molecule has 0 unspecified atom stereocenters. The Bertz CT molecular complexity index is 1010. The van der Waals surface area contributed by atoms with Crippen molar-refractivity contribution in [3.05, 3.63) is 59.1 Å². The van der Waals surface area contributed by atoms with E-state index in [9.17, 15) is 21.6 Å². The van der Waals surface area contributed by atoms with E-state index in [0.717, 1.165) is 40.5 Å². The monoisotopic (exact) mass is 415 g/mol. The number of nitrogens with zero attached hydrogens (tertiary/aromatic N) is 2. The van der Waals surface area contributed by atoms with Crippen molar-refractivity contribution in [2.24, 2.45) is 0 Å². The Morgan fingerprint density at radius 1 is 1.19 bits per heavy atom. The van der Waals surface area contributed by atoms with E-state index in [1.165, 1.54) is 0 Å². The number of thiophene rings is 1. The predicted octanol–water partition coefficient (Wildman–Crippen LogP) is 3.92. The molecule has 1 N–H and O–H groups in total. The molecule has 0 saturated carbocycles. The number of hydrogen-bond acceptors (Lipinski definition) is 4. The number of halogens is 3. The van der Waals surface area contributed by atoms with Crippen molar-refractivity contribution in [1.82, 2.24) is 14.5 Å². The Hall–Kier alpha value is -2.17. The van der Waals surface area contributed by atoms with Gasteiger partial charge in [-0.3, -0.25) is 4.68 Å². The number of alkyl halides is 3. The first-order valence-electron chi connectivity index (χ1n) is 7.92. The third kappa shape index (κ3) is 4.57. The van der Waals surface area contributed by atoms with Crippen LogP contribution in [0.15, 0.2) is 52.7 Å². The molecule has 3 rings (SSSR count). The molecule has 0 aliphatic rings. The second-order valence-electron chi connectivity index (χ2n) is 5.79. The molecule has 5 nitrogen and oxygen atoms in total. The Morgan fingerprint density at radius 3 is 2.48 bits per heavy atom. The summed E-state index contributed by atoms with van der Waals surface area (Å²) in [6, 6.07) is 9.17. The molecule has 0 amide bonds. The number of hydrogen-bond donors (Lipinski definition) is 1. The van der Waals surface area contributed by atoms with Gasteiger partial charge in [-0.2, -0.15) is 18.3 Å². The molecule has 0 aliphatic carbocycles. The molecule has 0 saturated heterocycles. The van der Waals surface area contributed by atoms with Crippen molar-refractivity contribution < 1.29 is 21.6 Å². The zero-order chi connectivity index (χ0) is 19.7. The second kappa shape index (κ2) is 7.45. The summed E-state index contributed by atoms with van der Waals surface area (Å²) in [6.07, 6.45) is -4.51. The molecule has 0 spiro atoms. The van der Waals surface area contributed by atoms with Gasteiger partial charge in [-0.25, -0.2) is 13.1 Å². The molecule has 1 aromatic carbocycles. The Kier molecular flexibility index (Phi) is 5.41. The van der Waals surface area contributed by atoms with Gasteiger partial charge in [0.1, 0.15) is 5.69 Å². The normalized spacial score (nSPS) is 12.4. The van der Waals surface area contributed by atoms with Crippen LogP contribution in [0.4, 0.5) is 13.2 Å². The van der Waals surface area contributed by atoms with Crippen LogP contribution < -0.4 is 4.72 Å². The van der Waals surface area contributed by atoms with Crippen LogP contribution in [0.3, 0.4) is 0 Å². The van der Waals surface area contributed by atoms with E-state index in [-0.39, 0.29) is 11.4 Å². The lowest BCUT2D eigenvalue weighted by Gasteiger charge is -2.10. The summed E-state index contributed by atoms with van der Waals surface area (Å²) in [5.74, 6) is 0. The van der Waals surface area contributed by atoms with Crippen molar-refractivity contribution in [3.63, 3.8) is 0 Å². The lowest BCUT2D eigenvalue weighted by molar-refractivity contribution is -0.137. The summed E-state index contributed by atoms with van der Waals surface area (Å²) in [5.41, 5.74) is 0.801. The fourth-order valence-corrected chi connectivity index (χ4v) is 4.18. The summed E-state index contributed by atoms with van der Waals surface area (Å²) < 4.78 is 66.3. The Balaban J connectivity index is 1.64. The second-order valence-corrected chi connectivity index (χ2v) is 8.51. The van der Waals surface area contributed by atoms with Crippen LogP contribution in [-0.4, -0.2) is 24.7 Å². The fraction of sp³-hybridized carbons (Fsp3) is 0.235. The number of aryl methyl sites for hydroxylation is 1. The van der Waals surface area contributed by atoms with Crippen molar-refractivity contribution in [2.45, 2.75) is 24.5 Å². The number of rotatable bonds is 6. The van der Waals surface area contributed by atoms with E-state index in [2.05, 4.69) is 9.82 Å². The smallest absolute Gasteiger partial charge is 0.268 e. The first-order valence-corrected chi connectivity index (χ1v) is 10.3. The van der Waals surface area contributed by atoms with Crippen molar-refractivity contribution >= 4 is 21.4 Å². The van der Waals surface area contributed by atoms with Crippen LogP contribution in [0.1, 0.15) is 11.3 Å². The summed E-state index contributed by atoms with van der Waals surface area (Å²) in [6.45, 7) is 2.24. The average molecular weight is 415 g/mol. The highest BCUT2D eigenvalue weighted by atomic mass is 32.2. The zero-order valence-electron chi connectivity index (χ0n) is 14.2. The van der Waals surface area contributed by atoms with Gasteiger partial charge in [0.15, 0.2) is 0 Å². The lowest BCUT2D eigenvalue weighted by atomic mass is 10.2. The van der Waals surface area contributed by atoms with Gasteiger partial charge >= 0.3 is 6.18 Å². The third-order valence-electron chi connectivity index (χ3n) is 3.86. The molecule has 2 aromatic heterocycles. The van der Waals surface area contributed by atoms with Crippen LogP contribution in [0.2, 0.25) is 0 Å². The predicted molar refractivity (Wildman–Crippen MR) is 96.9 cm³/mol. The molecule has 0 radical (unpaired) electrons. The number of sulfonamides is 1. The Morgan fingerprint density at radius 2 is 1.89 bits per heavy atom. The molecule has 3 aromatic rings. The van der Waals surface area contributed by atoms with E-state index in [0.29, 0.717) is 6.54 Å². The van der Waals surface area contributed by atoms with Crippen LogP contribution in [-0.2, 0) is 22.7 Å². The first kappa shape index (κ1) is 19.6. The highest BCUT2D eigenvalue weighted by molar-refractivity contribution is 7.89. The first-order chi connectivity index (χ1) is 12.7. The summed E-state index contributed by atoms with van der Waals surface area (Å²) in [4.78, 5) is 0.800. The quantitative estimate of drug-likeness (QED) is 0.664. The maximum Gasteiger partial charge on any atom is 0.416 e. The molecular formula is C17H16F3N3O2S2. The van der Waals surface area contributed by atoms with E-state index in [1.807, 2.05) is 30.5 Å². The van der Waals surface area contributed by atoms with Gasteiger partial charge < -0.3 is 0 Å². The summed E-state index contributed by atoms with van der Waals surface area (Å²) >= 11 is 1.56. The minimum Gasteiger partial charge on any atom is -0.268 e. The Labute approximate surface area is 158 Å². The van der Waals surface area contributed by atoms with Gasteiger partial charge in [-0.05, 0) is 48.7 Å². The number of nitrogens with one attached hydrogen (secondary N) is 1. The maximum atomic E-state index is 12.6. The van der Waals surface area contributed by atoms with E-state index < -0.39 is 21.8 Å². The molecule has 0 fully saturated rings. The fourth-order valence-electron chi connectivity index (χ4n) is 2.47. The average Bonchev–Trinajstić information content (AvgIpc) is 3.24. The van der Waals surface area contributed by atoms with Crippen LogP contribution in [0.25, 0.3) is 10.6 Å². The van der Waals surface area contributed by atoms with Crippen molar-refractivity contribution in [3.8, 4) is 10.6 Å². The number of aromatic nitrogens is 2. The number of benzene rings is 1. The van der Waals surface area contributed by atoms with Gasteiger partial charge in [0.25, 0.3) is 0 Å². The minimum atomic E-state index is -4.51. The van der Waals surface area contributed by atoms with Crippen LogP contribution in [0.5, 0.6) is 0 Å². The lowest BCUT2D eigenvalue weighted by Crippen LogP contribution is -2.28. The van der Waals surface area contributed by atoms with Gasteiger partial charge in [-0.15, -0.1) is 11.3 Å². The van der Waals surface area contributed by atoms with Gasteiger partial charge in [0.05, 0.1) is 21.9 Å². The van der Waals surface area contributed by atoms with E-state index in [1.54, 1.807) is 16.0 Å². The molecule has 10 heteroatoms. The largest absolute Gasteiger partial charge is 0.416 e. The summed E-state index contributed by atoms with van der Waals surface area (Å²) in [7, 11) is -3.90. The van der Waals surface area contributed by atoms with Crippen LogP contribution in [0, 0.1) is 6.92 Å².